The van der Waals surface area contributed by atoms with Gasteiger partial charge in [0.25, 0.3) is 0 Å². The monoisotopic (exact) mass is 419 g/mol. The summed E-state index contributed by atoms with van der Waals surface area (Å²) >= 11 is 1.74. The zero-order valence-corrected chi connectivity index (χ0v) is 17.3. The predicted octanol–water partition coefficient (Wildman–Crippen LogP) is 3.19. The van der Waals surface area contributed by atoms with E-state index in [4.69, 9.17) is 16.2 Å². The van der Waals surface area contributed by atoms with E-state index in [1.165, 1.54) is 12.8 Å². The highest BCUT2D eigenvalue weighted by atomic mass is 35.5. The second kappa shape index (κ2) is 11.0. The molecule has 9 heteroatoms. The number of ether oxygens (including phenoxy) is 1. The molecular weight excluding hydrogens is 393 g/mol. The first-order valence-corrected chi connectivity index (χ1v) is 9.37. The topological polar surface area (TPSA) is 92.0 Å². The minimum atomic E-state index is 0. The Balaban J connectivity index is 0.00000169. The van der Waals surface area contributed by atoms with Gasteiger partial charge in [0.2, 0.25) is 0 Å². The van der Waals surface area contributed by atoms with Crippen LogP contribution >= 0.6 is 36.6 Å². The minimum absolute atomic E-state index is 0. The predicted molar refractivity (Wildman–Crippen MR) is 111 cm³/mol. The van der Waals surface area contributed by atoms with Crippen LogP contribution in [-0.2, 0) is 6.54 Å². The van der Waals surface area contributed by atoms with Crippen LogP contribution in [-0.4, -0.2) is 33.7 Å². The summed E-state index contributed by atoms with van der Waals surface area (Å²) < 4.78 is 7.35. The van der Waals surface area contributed by atoms with Crippen LogP contribution in [0.25, 0.3) is 5.69 Å². The third kappa shape index (κ3) is 5.50. The molecule has 26 heavy (non-hydrogen) atoms. The van der Waals surface area contributed by atoms with Gasteiger partial charge in [0.05, 0.1) is 19.3 Å². The van der Waals surface area contributed by atoms with Crippen molar-refractivity contribution < 1.29 is 4.74 Å². The maximum absolute atomic E-state index is 6.10. The normalized spacial score (nSPS) is 19.3. The third-order valence-corrected chi connectivity index (χ3v) is 5.63. The first-order chi connectivity index (χ1) is 11.7. The Kier molecular flexibility index (Phi) is 9.74. The average molecular weight is 420 g/mol. The molecule has 1 aromatic heterocycles. The highest BCUT2D eigenvalue weighted by molar-refractivity contribution is 7.99. The molecule has 1 aliphatic carbocycles. The Labute approximate surface area is 171 Å². The van der Waals surface area contributed by atoms with E-state index in [2.05, 4.69) is 10.2 Å². The highest BCUT2D eigenvalue weighted by Crippen LogP contribution is 2.30. The van der Waals surface area contributed by atoms with E-state index < -0.39 is 0 Å². The van der Waals surface area contributed by atoms with Crippen LogP contribution in [0.5, 0.6) is 5.75 Å². The van der Waals surface area contributed by atoms with Gasteiger partial charge in [-0.25, -0.2) is 0 Å². The number of nitrogens with zero attached hydrogens (tertiary/aromatic N) is 3. The summed E-state index contributed by atoms with van der Waals surface area (Å²) in [7, 11) is 1.66. The minimum Gasteiger partial charge on any atom is -0.497 e. The number of methoxy groups -OCH3 is 1. The summed E-state index contributed by atoms with van der Waals surface area (Å²) in [6.45, 7) is 0.346. The van der Waals surface area contributed by atoms with Crippen molar-refractivity contribution in [2.75, 3.05) is 12.9 Å². The van der Waals surface area contributed by atoms with Crippen LogP contribution in [0.2, 0.25) is 0 Å². The lowest BCUT2D eigenvalue weighted by Crippen LogP contribution is -2.28. The Morgan fingerprint density at radius 2 is 2.08 bits per heavy atom. The Hall–Kier alpha value is -0.990. The smallest absolute Gasteiger partial charge is 0.195 e. The summed E-state index contributed by atoms with van der Waals surface area (Å²) in [4.78, 5) is 0. The molecule has 1 fully saturated rings. The average Bonchev–Trinajstić information content (AvgIpc) is 3.03. The quantitative estimate of drug-likeness (QED) is 0.698. The number of thioether (sulfide) groups is 1. The van der Waals surface area contributed by atoms with Crippen molar-refractivity contribution in [2.45, 2.75) is 43.4 Å². The van der Waals surface area contributed by atoms with Gasteiger partial charge in [0, 0.05) is 17.9 Å². The van der Waals surface area contributed by atoms with E-state index in [-0.39, 0.29) is 24.8 Å². The molecule has 2 aromatic rings. The second-order valence-electron chi connectivity index (χ2n) is 6.24. The zero-order chi connectivity index (χ0) is 16.9. The SMILES string of the molecule is COc1cccc(-n2c(CN)nnc2SC[C@@H]2CCC[C@H](N)C2)c1.Cl.Cl. The molecule has 0 radical (unpaired) electrons. The van der Waals surface area contributed by atoms with Crippen LogP contribution in [0.3, 0.4) is 0 Å². The molecule has 3 rings (SSSR count). The zero-order valence-electron chi connectivity index (χ0n) is 14.8. The number of aromatic nitrogens is 3. The molecule has 6 nitrogen and oxygen atoms in total. The van der Waals surface area contributed by atoms with E-state index in [0.29, 0.717) is 18.5 Å². The van der Waals surface area contributed by atoms with Crippen molar-refractivity contribution in [2.24, 2.45) is 17.4 Å². The number of halogens is 2. The molecule has 1 aromatic carbocycles. The van der Waals surface area contributed by atoms with Crippen molar-refractivity contribution >= 4 is 36.6 Å². The van der Waals surface area contributed by atoms with Gasteiger partial charge < -0.3 is 16.2 Å². The van der Waals surface area contributed by atoms with Crippen LogP contribution < -0.4 is 16.2 Å². The molecule has 1 saturated carbocycles. The fourth-order valence-electron chi connectivity index (χ4n) is 3.21. The first-order valence-electron chi connectivity index (χ1n) is 8.38. The molecule has 0 saturated heterocycles. The molecular formula is C17H27Cl2N5OS. The van der Waals surface area contributed by atoms with E-state index >= 15 is 0 Å². The van der Waals surface area contributed by atoms with Gasteiger partial charge in [-0.3, -0.25) is 4.57 Å². The molecule has 0 unspecified atom stereocenters. The maximum Gasteiger partial charge on any atom is 0.195 e. The van der Waals surface area contributed by atoms with Crippen molar-refractivity contribution in [1.82, 2.24) is 14.8 Å². The molecule has 146 valence electrons. The maximum atomic E-state index is 6.10. The van der Waals surface area contributed by atoms with Gasteiger partial charge in [0.15, 0.2) is 11.0 Å². The van der Waals surface area contributed by atoms with Crippen LogP contribution in [0.4, 0.5) is 0 Å². The molecule has 1 aliphatic rings. The lowest BCUT2D eigenvalue weighted by molar-refractivity contribution is 0.349. The Morgan fingerprint density at radius 3 is 2.77 bits per heavy atom. The van der Waals surface area contributed by atoms with E-state index in [0.717, 1.165) is 41.0 Å². The molecule has 1 heterocycles. The van der Waals surface area contributed by atoms with E-state index in [9.17, 15) is 0 Å². The number of hydrogen-bond donors (Lipinski definition) is 2. The van der Waals surface area contributed by atoms with Crippen molar-refractivity contribution in [3.8, 4) is 11.4 Å². The summed E-state index contributed by atoms with van der Waals surface area (Å²) in [6, 6.07) is 8.23. The molecule has 2 atom stereocenters. The fraction of sp³-hybridized carbons (Fsp3) is 0.529. The van der Waals surface area contributed by atoms with Gasteiger partial charge in [-0.05, 0) is 37.3 Å². The van der Waals surface area contributed by atoms with Crippen LogP contribution in [0.1, 0.15) is 31.5 Å². The van der Waals surface area contributed by atoms with Crippen molar-refractivity contribution in [3.63, 3.8) is 0 Å². The van der Waals surface area contributed by atoms with Crippen LogP contribution in [0.15, 0.2) is 29.4 Å². The standard InChI is InChI=1S/C17H25N5OS.2ClH/c1-23-15-7-3-6-14(9-15)22-16(10-18)20-21-17(22)24-11-12-4-2-5-13(19)8-12;;/h3,6-7,9,12-13H,2,4-5,8,10-11,18-19H2,1H3;2*1H/t12-,13+;;/m1../s1. The molecule has 0 bridgehead atoms. The van der Waals surface area contributed by atoms with E-state index in [1.807, 2.05) is 28.8 Å². The second-order valence-corrected chi connectivity index (χ2v) is 7.23. The number of hydrogen-bond acceptors (Lipinski definition) is 6. The lowest BCUT2D eigenvalue weighted by atomic mass is 9.87. The number of benzene rings is 1. The third-order valence-electron chi connectivity index (χ3n) is 4.47. The van der Waals surface area contributed by atoms with Gasteiger partial charge >= 0.3 is 0 Å². The van der Waals surface area contributed by atoms with Gasteiger partial charge in [-0.15, -0.1) is 35.0 Å². The molecule has 4 N–H and O–H groups in total. The largest absolute Gasteiger partial charge is 0.497 e. The van der Waals surface area contributed by atoms with Crippen molar-refractivity contribution in [1.29, 1.82) is 0 Å². The highest BCUT2D eigenvalue weighted by Gasteiger charge is 2.21. The summed E-state index contributed by atoms with van der Waals surface area (Å²) in [6.07, 6.45) is 4.73. The Morgan fingerprint density at radius 1 is 1.27 bits per heavy atom. The summed E-state index contributed by atoms with van der Waals surface area (Å²) in [5.41, 5.74) is 12.9. The molecule has 0 amide bonds. The molecule has 0 spiro atoms. The summed E-state index contributed by atoms with van der Waals surface area (Å²) in [5.74, 6) is 3.22. The van der Waals surface area contributed by atoms with Crippen molar-refractivity contribution in [3.05, 3.63) is 30.1 Å². The van der Waals surface area contributed by atoms with Gasteiger partial charge in [-0.2, -0.15) is 0 Å². The van der Waals surface area contributed by atoms with Crippen LogP contribution in [0, 0.1) is 5.92 Å². The number of nitrogens with two attached hydrogens (primary N) is 2. The molecule has 0 aliphatic heterocycles. The van der Waals surface area contributed by atoms with Gasteiger partial charge in [-0.1, -0.05) is 24.2 Å². The number of rotatable bonds is 6. The van der Waals surface area contributed by atoms with Gasteiger partial charge in [0.1, 0.15) is 5.75 Å². The Bertz CT molecular complexity index is 685. The first kappa shape index (κ1) is 23.0. The summed E-state index contributed by atoms with van der Waals surface area (Å²) in [5, 5.41) is 9.47. The lowest BCUT2D eigenvalue weighted by Gasteiger charge is -2.26. The van der Waals surface area contributed by atoms with E-state index in [1.54, 1.807) is 18.9 Å². The fourth-order valence-corrected chi connectivity index (χ4v) is 4.34.